The van der Waals surface area contributed by atoms with Crippen molar-refractivity contribution >= 4 is 10.8 Å². The lowest BCUT2D eigenvalue weighted by molar-refractivity contribution is 0.403. The van der Waals surface area contributed by atoms with Crippen molar-refractivity contribution in [1.82, 2.24) is 5.32 Å². The molecule has 1 aromatic rings. The van der Waals surface area contributed by atoms with Gasteiger partial charge in [0.2, 0.25) is 0 Å². The molecule has 3 nitrogen and oxygen atoms in total. The number of methoxy groups -OCH3 is 1. The molecule has 1 heterocycles. The number of hydrogen-bond donors (Lipinski definition) is 1. The lowest BCUT2D eigenvalue weighted by Crippen LogP contribution is -2.32. The molecule has 1 aromatic carbocycles. The quantitative estimate of drug-likeness (QED) is 0.854. The Morgan fingerprint density at radius 3 is 2.88 bits per heavy atom. The van der Waals surface area contributed by atoms with E-state index in [-0.39, 0.29) is 6.04 Å². The fourth-order valence-electron chi connectivity index (χ4n) is 2.28. The van der Waals surface area contributed by atoms with Gasteiger partial charge in [-0.25, -0.2) is 0 Å². The third-order valence-electron chi connectivity index (χ3n) is 3.09. The molecule has 1 aliphatic rings. The fourth-order valence-corrected chi connectivity index (χ4v) is 3.79. The second-order valence-electron chi connectivity index (χ2n) is 4.16. The average molecular weight is 239 g/mol. The maximum atomic E-state index is 12.0. The number of hydrogen-bond acceptors (Lipinski definition) is 3. The summed E-state index contributed by atoms with van der Waals surface area (Å²) in [5.41, 5.74) is 1.11. The first-order valence-corrected chi connectivity index (χ1v) is 6.73. The average Bonchev–Trinajstić information content (AvgIpc) is 2.28. The Morgan fingerprint density at radius 1 is 1.50 bits per heavy atom. The monoisotopic (exact) mass is 239 g/mol. The summed E-state index contributed by atoms with van der Waals surface area (Å²) in [6.07, 6.45) is 0. The van der Waals surface area contributed by atoms with Crippen LogP contribution in [0.15, 0.2) is 23.1 Å². The molecule has 1 aliphatic heterocycles. The van der Waals surface area contributed by atoms with Crippen molar-refractivity contribution in [2.24, 2.45) is 5.92 Å². The topological polar surface area (TPSA) is 38.3 Å². The van der Waals surface area contributed by atoms with Crippen molar-refractivity contribution in [1.29, 1.82) is 0 Å². The van der Waals surface area contributed by atoms with Crippen LogP contribution in [0.3, 0.4) is 0 Å². The van der Waals surface area contributed by atoms with E-state index in [1.165, 1.54) is 0 Å². The molecule has 3 atom stereocenters. The summed E-state index contributed by atoms with van der Waals surface area (Å²) in [4.78, 5) is 0.943. The molecule has 0 fully saturated rings. The van der Waals surface area contributed by atoms with E-state index in [0.29, 0.717) is 5.92 Å². The lowest BCUT2D eigenvalue weighted by Gasteiger charge is -2.30. The minimum absolute atomic E-state index is 0.266. The van der Waals surface area contributed by atoms with Gasteiger partial charge < -0.3 is 10.1 Å². The fraction of sp³-hybridized carbons (Fsp3) is 0.500. The molecule has 3 unspecified atom stereocenters. The first-order valence-electron chi connectivity index (χ1n) is 5.41. The van der Waals surface area contributed by atoms with Crippen LogP contribution in [0.1, 0.15) is 18.5 Å². The largest absolute Gasteiger partial charge is 0.497 e. The third kappa shape index (κ3) is 1.87. The van der Waals surface area contributed by atoms with Crippen LogP contribution in [0.5, 0.6) is 5.75 Å². The summed E-state index contributed by atoms with van der Waals surface area (Å²) >= 11 is 0. The second-order valence-corrected chi connectivity index (χ2v) is 5.62. The van der Waals surface area contributed by atoms with Crippen LogP contribution in [0.2, 0.25) is 0 Å². The molecule has 0 amide bonds. The summed E-state index contributed by atoms with van der Waals surface area (Å²) in [6.45, 7) is 2.13. The Hall–Kier alpha value is -0.870. The Kier molecular flexibility index (Phi) is 3.30. The minimum atomic E-state index is -0.873. The van der Waals surface area contributed by atoms with Crippen molar-refractivity contribution in [3.8, 4) is 5.75 Å². The summed E-state index contributed by atoms with van der Waals surface area (Å²) in [7, 11) is 2.72. The molecule has 1 N–H and O–H groups in total. The van der Waals surface area contributed by atoms with Gasteiger partial charge in [-0.05, 0) is 36.7 Å². The van der Waals surface area contributed by atoms with Crippen LogP contribution in [0.4, 0.5) is 0 Å². The number of nitrogens with one attached hydrogen (secondary N) is 1. The molecule has 16 heavy (non-hydrogen) atoms. The molecule has 2 rings (SSSR count). The summed E-state index contributed by atoms with van der Waals surface area (Å²) in [6, 6.07) is 6.05. The van der Waals surface area contributed by atoms with Crippen molar-refractivity contribution in [3.05, 3.63) is 23.8 Å². The van der Waals surface area contributed by atoms with Crippen molar-refractivity contribution in [3.63, 3.8) is 0 Å². The number of fused-ring (bicyclic) bond motifs is 1. The van der Waals surface area contributed by atoms with Gasteiger partial charge in [0.1, 0.15) is 5.75 Å². The highest BCUT2D eigenvalue weighted by Crippen LogP contribution is 2.35. The van der Waals surface area contributed by atoms with Gasteiger partial charge in [-0.3, -0.25) is 4.21 Å². The lowest BCUT2D eigenvalue weighted by atomic mass is 9.95. The van der Waals surface area contributed by atoms with E-state index >= 15 is 0 Å². The molecule has 0 aromatic heterocycles. The zero-order chi connectivity index (χ0) is 11.7. The molecule has 88 valence electrons. The molecule has 0 saturated heterocycles. The van der Waals surface area contributed by atoms with Crippen molar-refractivity contribution in [2.45, 2.75) is 17.9 Å². The van der Waals surface area contributed by atoms with Crippen LogP contribution >= 0.6 is 0 Å². The van der Waals surface area contributed by atoms with E-state index in [2.05, 4.69) is 12.2 Å². The van der Waals surface area contributed by atoms with Gasteiger partial charge in [0.05, 0.1) is 17.9 Å². The molecule has 0 aliphatic carbocycles. The SMILES string of the molecule is CNC1c2cc(OC)ccc2S(=O)CC1C. The van der Waals surface area contributed by atoms with Gasteiger partial charge in [0, 0.05) is 16.7 Å². The van der Waals surface area contributed by atoms with Gasteiger partial charge in [0.15, 0.2) is 0 Å². The smallest absolute Gasteiger partial charge is 0.119 e. The number of benzene rings is 1. The summed E-state index contributed by atoms with van der Waals surface area (Å²) in [5.74, 6) is 1.93. The van der Waals surface area contributed by atoms with Crippen LogP contribution in [0.25, 0.3) is 0 Å². The van der Waals surface area contributed by atoms with Gasteiger partial charge in [0.25, 0.3) is 0 Å². The van der Waals surface area contributed by atoms with Crippen LogP contribution in [0, 0.1) is 5.92 Å². The van der Waals surface area contributed by atoms with Gasteiger partial charge >= 0.3 is 0 Å². The zero-order valence-electron chi connectivity index (χ0n) is 9.82. The van der Waals surface area contributed by atoms with E-state index in [0.717, 1.165) is 22.0 Å². The molecule has 0 radical (unpaired) electrons. The highest BCUT2D eigenvalue weighted by atomic mass is 32.2. The van der Waals surface area contributed by atoms with Gasteiger partial charge in [-0.15, -0.1) is 0 Å². The Bertz CT molecular complexity index is 419. The third-order valence-corrected chi connectivity index (χ3v) is 4.78. The Morgan fingerprint density at radius 2 is 2.25 bits per heavy atom. The van der Waals surface area contributed by atoms with E-state index < -0.39 is 10.8 Å². The first-order chi connectivity index (χ1) is 7.67. The Labute approximate surface area is 98.7 Å². The standard InChI is InChI=1S/C12H17NO2S/c1-8-7-16(14)11-5-4-9(15-3)6-10(11)12(8)13-2/h4-6,8,12-13H,7H2,1-3H3. The molecular formula is C12H17NO2S. The van der Waals surface area contributed by atoms with Gasteiger partial charge in [-0.2, -0.15) is 0 Å². The van der Waals surface area contributed by atoms with E-state index in [1.807, 2.05) is 25.2 Å². The maximum Gasteiger partial charge on any atom is 0.119 e. The summed E-state index contributed by atoms with van der Waals surface area (Å²) < 4.78 is 17.2. The second kappa shape index (κ2) is 4.55. The maximum absolute atomic E-state index is 12.0. The molecule has 0 saturated carbocycles. The molecule has 0 bridgehead atoms. The molecule has 0 spiro atoms. The van der Waals surface area contributed by atoms with Crippen LogP contribution in [-0.4, -0.2) is 24.1 Å². The van der Waals surface area contributed by atoms with E-state index in [9.17, 15) is 4.21 Å². The van der Waals surface area contributed by atoms with Crippen LogP contribution in [-0.2, 0) is 10.8 Å². The van der Waals surface area contributed by atoms with Crippen LogP contribution < -0.4 is 10.1 Å². The van der Waals surface area contributed by atoms with Crippen molar-refractivity contribution in [2.75, 3.05) is 19.9 Å². The number of ether oxygens (including phenoxy) is 1. The van der Waals surface area contributed by atoms with Crippen molar-refractivity contribution < 1.29 is 8.95 Å². The van der Waals surface area contributed by atoms with E-state index in [1.54, 1.807) is 7.11 Å². The first kappa shape index (κ1) is 11.6. The molecule has 4 heteroatoms. The number of rotatable bonds is 2. The Balaban J connectivity index is 2.51. The minimum Gasteiger partial charge on any atom is -0.497 e. The highest BCUT2D eigenvalue weighted by Gasteiger charge is 2.29. The predicted molar refractivity (Wildman–Crippen MR) is 65.2 cm³/mol. The molecular weight excluding hydrogens is 222 g/mol. The summed E-state index contributed by atoms with van der Waals surface area (Å²) in [5, 5.41) is 3.29. The van der Waals surface area contributed by atoms with Gasteiger partial charge in [-0.1, -0.05) is 6.92 Å². The zero-order valence-corrected chi connectivity index (χ0v) is 10.6. The predicted octanol–water partition coefficient (Wildman–Crippen LogP) is 1.71. The highest BCUT2D eigenvalue weighted by molar-refractivity contribution is 7.85. The van der Waals surface area contributed by atoms with E-state index in [4.69, 9.17) is 4.74 Å². The normalized spacial score (nSPS) is 28.6.